The molecule has 3 rings (SSSR count). The van der Waals surface area contributed by atoms with Crippen molar-refractivity contribution in [1.82, 2.24) is 10.0 Å². The van der Waals surface area contributed by atoms with Gasteiger partial charge in [0, 0.05) is 24.2 Å². The Morgan fingerprint density at radius 1 is 0.912 bits per heavy atom. The summed E-state index contributed by atoms with van der Waals surface area (Å²) in [5.74, 6) is 0.334. The van der Waals surface area contributed by atoms with E-state index in [4.69, 9.17) is 0 Å². The molecule has 0 amide bonds. The first-order valence-corrected chi connectivity index (χ1v) is 13.9. The van der Waals surface area contributed by atoms with E-state index in [0.717, 1.165) is 42.4 Å². The van der Waals surface area contributed by atoms with Crippen molar-refractivity contribution in [3.63, 3.8) is 0 Å². The summed E-state index contributed by atoms with van der Waals surface area (Å²) in [6, 6.07) is 11.0. The average molecular weight is 487 g/mol. The molecular formula is C28H42N2O3S. The van der Waals surface area contributed by atoms with Crippen LogP contribution in [0.1, 0.15) is 89.5 Å². The molecule has 1 saturated carbocycles. The normalized spacial score (nSPS) is 19.9. The Hall–Kier alpha value is -1.89. The van der Waals surface area contributed by atoms with Gasteiger partial charge in [-0.15, -0.1) is 0 Å². The molecule has 2 aromatic rings. The van der Waals surface area contributed by atoms with Gasteiger partial charge in [-0.25, -0.2) is 13.1 Å². The first-order valence-electron chi connectivity index (χ1n) is 12.4. The van der Waals surface area contributed by atoms with Gasteiger partial charge in [0.1, 0.15) is 5.75 Å². The topological polar surface area (TPSA) is 78.4 Å². The van der Waals surface area contributed by atoms with Gasteiger partial charge in [0.25, 0.3) is 0 Å². The molecule has 0 aliphatic heterocycles. The third-order valence-electron chi connectivity index (χ3n) is 6.82. The quantitative estimate of drug-likeness (QED) is 0.491. The summed E-state index contributed by atoms with van der Waals surface area (Å²) in [6.07, 6.45) is 3.75. The standard InChI is InChI=1S/C28H42N2O3S/c1-19-12-14-22(15-13-19)34(32,33)30-25-11-9-8-10-24(25)29-18-20-16-21(27(2,3)4)17-23(26(20)31)28(5,6)7/h12-17,24-25,29-31H,8-11,18H2,1-7H3/t24-,25-/m1/s1. The summed E-state index contributed by atoms with van der Waals surface area (Å²) >= 11 is 0. The number of rotatable bonds is 6. The minimum atomic E-state index is -3.59. The zero-order valence-corrected chi connectivity index (χ0v) is 22.6. The van der Waals surface area contributed by atoms with Crippen molar-refractivity contribution in [2.24, 2.45) is 0 Å². The van der Waals surface area contributed by atoms with E-state index in [1.54, 1.807) is 12.1 Å². The van der Waals surface area contributed by atoms with E-state index in [1.807, 2.05) is 19.1 Å². The Morgan fingerprint density at radius 2 is 1.50 bits per heavy atom. The maximum atomic E-state index is 13.0. The lowest BCUT2D eigenvalue weighted by Crippen LogP contribution is -2.51. The first-order chi connectivity index (χ1) is 15.7. The van der Waals surface area contributed by atoms with Gasteiger partial charge in [0.2, 0.25) is 10.0 Å². The predicted octanol–water partition coefficient (Wildman–Crippen LogP) is 5.67. The molecule has 1 aliphatic rings. The Kier molecular flexibility index (Phi) is 7.86. The van der Waals surface area contributed by atoms with Crippen molar-refractivity contribution in [2.45, 2.75) is 109 Å². The number of aromatic hydroxyl groups is 1. The van der Waals surface area contributed by atoms with Crippen LogP contribution in [0.3, 0.4) is 0 Å². The molecule has 34 heavy (non-hydrogen) atoms. The summed E-state index contributed by atoms with van der Waals surface area (Å²) in [6.45, 7) is 15.3. The zero-order valence-electron chi connectivity index (χ0n) is 21.8. The molecule has 1 fully saturated rings. The van der Waals surface area contributed by atoms with Crippen LogP contribution in [0.25, 0.3) is 0 Å². The first kappa shape index (κ1) is 26.7. The van der Waals surface area contributed by atoms with E-state index >= 15 is 0 Å². The van der Waals surface area contributed by atoms with Crippen LogP contribution < -0.4 is 10.0 Å². The molecule has 3 N–H and O–H groups in total. The fourth-order valence-electron chi connectivity index (χ4n) is 4.58. The number of benzene rings is 2. The molecule has 0 saturated heterocycles. The van der Waals surface area contributed by atoms with Gasteiger partial charge in [-0.1, -0.05) is 84.2 Å². The summed E-state index contributed by atoms with van der Waals surface area (Å²) in [7, 11) is -3.59. The number of phenols is 1. The SMILES string of the molecule is Cc1ccc(S(=O)(=O)N[C@@H]2CCCC[C@H]2NCc2cc(C(C)(C)C)cc(C(C)(C)C)c2O)cc1. The van der Waals surface area contributed by atoms with E-state index in [0.29, 0.717) is 17.2 Å². The predicted molar refractivity (Wildman–Crippen MR) is 140 cm³/mol. The molecule has 6 heteroatoms. The third kappa shape index (κ3) is 6.41. The molecule has 0 spiro atoms. The van der Waals surface area contributed by atoms with E-state index in [2.05, 4.69) is 63.7 Å². The van der Waals surface area contributed by atoms with E-state index in [1.165, 1.54) is 5.56 Å². The van der Waals surface area contributed by atoms with Crippen LogP contribution in [-0.2, 0) is 27.4 Å². The van der Waals surface area contributed by atoms with Crippen LogP contribution in [0.4, 0.5) is 0 Å². The lowest BCUT2D eigenvalue weighted by Gasteiger charge is -2.33. The van der Waals surface area contributed by atoms with Crippen LogP contribution in [0.5, 0.6) is 5.75 Å². The second-order valence-corrected chi connectivity index (χ2v) is 13.6. The maximum absolute atomic E-state index is 13.0. The summed E-state index contributed by atoms with van der Waals surface area (Å²) < 4.78 is 29.0. The average Bonchev–Trinajstić information content (AvgIpc) is 2.72. The fraction of sp³-hybridized carbons (Fsp3) is 0.571. The largest absolute Gasteiger partial charge is 0.507 e. The van der Waals surface area contributed by atoms with Crippen molar-refractivity contribution >= 4 is 10.0 Å². The monoisotopic (exact) mass is 486 g/mol. The second kappa shape index (κ2) is 10.00. The molecule has 0 unspecified atom stereocenters. The van der Waals surface area contributed by atoms with Crippen LogP contribution in [-0.4, -0.2) is 25.6 Å². The summed E-state index contributed by atoms with van der Waals surface area (Å²) in [5.41, 5.74) is 3.80. The maximum Gasteiger partial charge on any atom is 0.240 e. The number of aryl methyl sites for hydroxylation is 1. The molecule has 0 radical (unpaired) electrons. The Balaban J connectivity index is 1.82. The van der Waals surface area contributed by atoms with Gasteiger partial charge < -0.3 is 10.4 Å². The molecule has 5 nitrogen and oxygen atoms in total. The minimum absolute atomic E-state index is 0.00440. The highest BCUT2D eigenvalue weighted by atomic mass is 32.2. The Bertz CT molecular complexity index is 1090. The number of sulfonamides is 1. The van der Waals surface area contributed by atoms with Crippen LogP contribution in [0.2, 0.25) is 0 Å². The number of hydrogen-bond acceptors (Lipinski definition) is 4. The second-order valence-electron chi connectivity index (χ2n) is 11.8. The zero-order chi connectivity index (χ0) is 25.3. The fourth-order valence-corrected chi connectivity index (χ4v) is 5.89. The molecule has 2 aromatic carbocycles. The molecular weight excluding hydrogens is 444 g/mol. The van der Waals surface area contributed by atoms with Gasteiger partial charge in [0.05, 0.1) is 4.90 Å². The van der Waals surface area contributed by atoms with Gasteiger partial charge >= 0.3 is 0 Å². The minimum Gasteiger partial charge on any atom is -0.507 e. The number of hydrogen-bond donors (Lipinski definition) is 3. The molecule has 188 valence electrons. The molecule has 0 heterocycles. The van der Waals surface area contributed by atoms with Crippen molar-refractivity contribution in [3.05, 3.63) is 58.7 Å². The van der Waals surface area contributed by atoms with Gasteiger partial charge in [0.15, 0.2) is 0 Å². The van der Waals surface area contributed by atoms with Crippen molar-refractivity contribution in [2.75, 3.05) is 0 Å². The van der Waals surface area contributed by atoms with Crippen molar-refractivity contribution < 1.29 is 13.5 Å². The van der Waals surface area contributed by atoms with Gasteiger partial charge in [-0.3, -0.25) is 0 Å². The third-order valence-corrected chi connectivity index (χ3v) is 8.33. The number of phenolic OH excluding ortho intramolecular Hbond substituents is 1. The molecule has 0 aromatic heterocycles. The highest BCUT2D eigenvalue weighted by Gasteiger charge is 2.30. The molecule has 1 aliphatic carbocycles. The van der Waals surface area contributed by atoms with E-state index in [9.17, 15) is 13.5 Å². The highest BCUT2D eigenvalue weighted by Crippen LogP contribution is 2.38. The lowest BCUT2D eigenvalue weighted by molar-refractivity contribution is 0.307. The van der Waals surface area contributed by atoms with Crippen molar-refractivity contribution in [1.29, 1.82) is 0 Å². The van der Waals surface area contributed by atoms with E-state index < -0.39 is 10.0 Å². The highest BCUT2D eigenvalue weighted by molar-refractivity contribution is 7.89. The summed E-state index contributed by atoms with van der Waals surface area (Å²) in [5, 5.41) is 14.7. The van der Waals surface area contributed by atoms with Crippen LogP contribution in [0, 0.1) is 6.92 Å². The molecule has 2 atom stereocenters. The summed E-state index contributed by atoms with van der Waals surface area (Å²) in [4.78, 5) is 0.299. The van der Waals surface area contributed by atoms with Crippen LogP contribution >= 0.6 is 0 Å². The van der Waals surface area contributed by atoms with Crippen molar-refractivity contribution in [3.8, 4) is 5.75 Å². The molecule has 0 bridgehead atoms. The van der Waals surface area contributed by atoms with Gasteiger partial charge in [-0.2, -0.15) is 0 Å². The smallest absolute Gasteiger partial charge is 0.240 e. The van der Waals surface area contributed by atoms with E-state index in [-0.39, 0.29) is 22.9 Å². The number of nitrogens with one attached hydrogen (secondary N) is 2. The van der Waals surface area contributed by atoms with Crippen LogP contribution in [0.15, 0.2) is 41.3 Å². The Labute approximate surface area is 206 Å². The lowest BCUT2D eigenvalue weighted by atomic mass is 9.79. The van der Waals surface area contributed by atoms with Gasteiger partial charge in [-0.05, 0) is 53.9 Å². The Morgan fingerprint density at radius 3 is 2.06 bits per heavy atom.